The minimum absolute atomic E-state index is 0.0745. The lowest BCUT2D eigenvalue weighted by molar-refractivity contribution is 0.389. The maximum Gasteiger partial charge on any atom is 0.239 e. The fourth-order valence-electron chi connectivity index (χ4n) is 3.98. The highest BCUT2D eigenvalue weighted by molar-refractivity contribution is 7.93. The van der Waals surface area contributed by atoms with E-state index in [1.807, 2.05) is 42.5 Å². The molecular weight excluding hydrogens is 330 g/mol. The summed E-state index contributed by atoms with van der Waals surface area (Å²) in [5, 5.41) is 0. The standard InChI is InChI=1S/C21H23NO2S/c23-25(24,21-13-12-18-9-4-5-10-19(18)16-21)22-14-6-11-20(22)15-17-7-2-1-3-8-17/h1-5,7-10,16,20H,6,11-15H2/t20-/m0/s1. The van der Waals surface area contributed by atoms with E-state index in [9.17, 15) is 8.42 Å². The molecule has 0 N–H and O–H groups in total. The van der Waals surface area contributed by atoms with Crippen molar-refractivity contribution in [1.29, 1.82) is 0 Å². The first-order chi connectivity index (χ1) is 12.1. The molecule has 1 aliphatic heterocycles. The van der Waals surface area contributed by atoms with Crippen LogP contribution in [0.3, 0.4) is 0 Å². The molecule has 1 saturated heterocycles. The van der Waals surface area contributed by atoms with E-state index in [1.165, 1.54) is 11.1 Å². The van der Waals surface area contributed by atoms with Gasteiger partial charge in [0.2, 0.25) is 10.0 Å². The molecule has 130 valence electrons. The summed E-state index contributed by atoms with van der Waals surface area (Å²) in [5.41, 5.74) is 3.49. The number of nitrogens with zero attached hydrogens (tertiary/aromatic N) is 1. The number of aryl methyl sites for hydroxylation is 1. The highest BCUT2D eigenvalue weighted by atomic mass is 32.2. The molecule has 1 atom stereocenters. The Labute approximate surface area is 150 Å². The number of allylic oxidation sites excluding steroid dienone is 1. The molecule has 4 rings (SSSR count). The van der Waals surface area contributed by atoms with E-state index in [1.54, 1.807) is 4.31 Å². The molecule has 25 heavy (non-hydrogen) atoms. The summed E-state index contributed by atoms with van der Waals surface area (Å²) in [6.07, 6.45) is 5.97. The van der Waals surface area contributed by atoms with Crippen molar-refractivity contribution in [3.63, 3.8) is 0 Å². The zero-order valence-corrected chi connectivity index (χ0v) is 15.1. The van der Waals surface area contributed by atoms with Gasteiger partial charge in [0.25, 0.3) is 0 Å². The maximum atomic E-state index is 13.3. The Hall–Kier alpha value is -1.91. The molecule has 0 radical (unpaired) electrons. The molecule has 0 bridgehead atoms. The van der Waals surface area contributed by atoms with Crippen LogP contribution in [0, 0.1) is 0 Å². The summed E-state index contributed by atoms with van der Waals surface area (Å²) in [6.45, 7) is 0.638. The van der Waals surface area contributed by atoms with Gasteiger partial charge in [-0.05, 0) is 54.9 Å². The van der Waals surface area contributed by atoms with Gasteiger partial charge >= 0.3 is 0 Å². The highest BCUT2D eigenvalue weighted by Gasteiger charge is 2.36. The Morgan fingerprint density at radius 2 is 1.72 bits per heavy atom. The summed E-state index contributed by atoms with van der Waals surface area (Å²) in [5.74, 6) is 0. The van der Waals surface area contributed by atoms with E-state index in [0.717, 1.165) is 31.2 Å². The number of hydrogen-bond donors (Lipinski definition) is 0. The third-order valence-electron chi connectivity index (χ3n) is 5.29. The van der Waals surface area contributed by atoms with Crippen LogP contribution >= 0.6 is 0 Å². The van der Waals surface area contributed by atoms with Crippen molar-refractivity contribution in [2.45, 2.75) is 38.1 Å². The summed E-state index contributed by atoms with van der Waals surface area (Å²) in [4.78, 5) is 0.575. The third kappa shape index (κ3) is 3.29. The molecule has 0 spiro atoms. The second-order valence-electron chi connectivity index (χ2n) is 6.91. The number of sulfonamides is 1. The van der Waals surface area contributed by atoms with Crippen LogP contribution in [-0.4, -0.2) is 25.3 Å². The fraction of sp³-hybridized carbons (Fsp3) is 0.333. The zero-order chi connectivity index (χ0) is 17.3. The van der Waals surface area contributed by atoms with Crippen LogP contribution in [0.25, 0.3) is 6.08 Å². The molecule has 1 fully saturated rings. The van der Waals surface area contributed by atoms with Gasteiger partial charge in [-0.25, -0.2) is 8.42 Å². The first kappa shape index (κ1) is 16.6. The van der Waals surface area contributed by atoms with E-state index < -0.39 is 10.0 Å². The van der Waals surface area contributed by atoms with E-state index in [4.69, 9.17) is 0 Å². The first-order valence-corrected chi connectivity index (χ1v) is 10.4. The molecule has 1 aliphatic carbocycles. The van der Waals surface area contributed by atoms with Crippen LogP contribution in [0.4, 0.5) is 0 Å². The van der Waals surface area contributed by atoms with Crippen LogP contribution in [-0.2, 0) is 22.9 Å². The summed E-state index contributed by atoms with van der Waals surface area (Å²) in [7, 11) is -3.38. The van der Waals surface area contributed by atoms with Crippen molar-refractivity contribution in [2.75, 3.05) is 6.54 Å². The van der Waals surface area contributed by atoms with E-state index >= 15 is 0 Å². The Balaban J connectivity index is 1.60. The van der Waals surface area contributed by atoms with Crippen molar-refractivity contribution >= 4 is 16.1 Å². The van der Waals surface area contributed by atoms with E-state index in [-0.39, 0.29) is 6.04 Å². The van der Waals surface area contributed by atoms with E-state index in [0.29, 0.717) is 17.9 Å². The van der Waals surface area contributed by atoms with Gasteiger partial charge in [-0.15, -0.1) is 0 Å². The second kappa shape index (κ2) is 6.77. The smallest absolute Gasteiger partial charge is 0.207 e. The molecular formula is C21H23NO2S. The van der Waals surface area contributed by atoms with Gasteiger partial charge in [0.05, 0.1) is 4.91 Å². The highest BCUT2D eigenvalue weighted by Crippen LogP contribution is 2.33. The zero-order valence-electron chi connectivity index (χ0n) is 14.3. The molecule has 2 aromatic carbocycles. The topological polar surface area (TPSA) is 37.4 Å². The Morgan fingerprint density at radius 1 is 0.960 bits per heavy atom. The lowest BCUT2D eigenvalue weighted by atomic mass is 9.98. The molecule has 2 aromatic rings. The quantitative estimate of drug-likeness (QED) is 0.833. The molecule has 1 heterocycles. The Morgan fingerprint density at radius 3 is 2.56 bits per heavy atom. The van der Waals surface area contributed by atoms with Crippen molar-refractivity contribution in [3.8, 4) is 0 Å². The van der Waals surface area contributed by atoms with Crippen LogP contribution in [0.15, 0.2) is 59.5 Å². The lowest BCUT2D eigenvalue weighted by Crippen LogP contribution is -2.37. The van der Waals surface area contributed by atoms with Gasteiger partial charge in [0.1, 0.15) is 0 Å². The van der Waals surface area contributed by atoms with Crippen LogP contribution in [0.1, 0.15) is 36.0 Å². The van der Waals surface area contributed by atoms with Crippen molar-refractivity contribution < 1.29 is 8.42 Å². The average molecular weight is 353 g/mol. The lowest BCUT2D eigenvalue weighted by Gasteiger charge is -2.27. The largest absolute Gasteiger partial charge is 0.239 e. The molecule has 4 heteroatoms. The van der Waals surface area contributed by atoms with Gasteiger partial charge in [-0.3, -0.25) is 0 Å². The Bertz CT molecular complexity index is 887. The van der Waals surface area contributed by atoms with Gasteiger partial charge < -0.3 is 0 Å². The number of rotatable bonds is 4. The summed E-state index contributed by atoms with van der Waals surface area (Å²) in [6, 6.07) is 18.4. The van der Waals surface area contributed by atoms with Gasteiger partial charge in [0.15, 0.2) is 0 Å². The predicted molar refractivity (Wildman–Crippen MR) is 102 cm³/mol. The van der Waals surface area contributed by atoms with E-state index in [2.05, 4.69) is 18.2 Å². The maximum absolute atomic E-state index is 13.3. The molecule has 0 unspecified atom stereocenters. The molecule has 2 aliphatic rings. The second-order valence-corrected chi connectivity index (χ2v) is 8.85. The van der Waals surface area contributed by atoms with Gasteiger partial charge in [-0.1, -0.05) is 54.6 Å². The molecule has 0 aromatic heterocycles. The normalized spacial score (nSPS) is 21.0. The first-order valence-electron chi connectivity index (χ1n) is 8.99. The third-order valence-corrected chi connectivity index (χ3v) is 7.37. The average Bonchev–Trinajstić information content (AvgIpc) is 3.11. The Kier molecular flexibility index (Phi) is 4.48. The predicted octanol–water partition coefficient (Wildman–Crippen LogP) is 4.01. The summed E-state index contributed by atoms with van der Waals surface area (Å²) < 4.78 is 28.3. The van der Waals surface area contributed by atoms with Crippen LogP contribution in [0.5, 0.6) is 0 Å². The number of benzene rings is 2. The van der Waals surface area contributed by atoms with Gasteiger partial charge in [-0.2, -0.15) is 4.31 Å². The monoisotopic (exact) mass is 353 g/mol. The molecule has 0 amide bonds. The molecule has 0 saturated carbocycles. The molecule has 3 nitrogen and oxygen atoms in total. The minimum atomic E-state index is -3.38. The number of hydrogen-bond acceptors (Lipinski definition) is 2. The number of fused-ring (bicyclic) bond motifs is 1. The SMILES string of the molecule is O=S(=O)(C1=Cc2ccccc2CC1)N1CCC[C@H]1Cc1ccccc1. The summed E-state index contributed by atoms with van der Waals surface area (Å²) >= 11 is 0. The minimum Gasteiger partial charge on any atom is -0.207 e. The van der Waals surface area contributed by atoms with Gasteiger partial charge in [0, 0.05) is 12.6 Å². The van der Waals surface area contributed by atoms with Crippen molar-refractivity contribution in [3.05, 3.63) is 76.2 Å². The van der Waals surface area contributed by atoms with Crippen molar-refractivity contribution in [2.24, 2.45) is 0 Å². The van der Waals surface area contributed by atoms with Crippen molar-refractivity contribution in [1.82, 2.24) is 4.31 Å². The fourth-order valence-corrected chi connectivity index (χ4v) is 5.86. The van der Waals surface area contributed by atoms with Crippen LogP contribution < -0.4 is 0 Å². The van der Waals surface area contributed by atoms with Crippen LogP contribution in [0.2, 0.25) is 0 Å².